The molecule has 0 aliphatic carbocycles. The molecule has 0 radical (unpaired) electrons. The summed E-state index contributed by atoms with van der Waals surface area (Å²) in [5, 5.41) is 0. The van der Waals surface area contributed by atoms with Crippen LogP contribution in [0.5, 0.6) is 0 Å². The highest BCUT2D eigenvalue weighted by atomic mass is 35.8. The molecule has 0 saturated heterocycles. The van der Waals surface area contributed by atoms with Gasteiger partial charge in [-0.3, -0.25) is 0 Å². The molecule has 0 aromatic carbocycles. The van der Waals surface area contributed by atoms with E-state index in [1.165, 1.54) is 0 Å². The molecule has 0 saturated carbocycles. The second-order valence-electron chi connectivity index (χ2n) is 2.40. The highest BCUT2D eigenvalue weighted by molar-refractivity contribution is 7.64. The van der Waals surface area contributed by atoms with Crippen LogP contribution in [-0.4, -0.2) is 11.9 Å². The monoisotopic (exact) mass is 238 g/mol. The smallest absolute Gasteiger partial charge is 0.127 e. The Morgan fingerprint density at radius 1 is 1.30 bits per heavy atom. The summed E-state index contributed by atoms with van der Waals surface area (Å²) in [6.07, 6.45) is 0.933. The van der Waals surface area contributed by atoms with Crippen LogP contribution in [0.1, 0.15) is 13.3 Å². The van der Waals surface area contributed by atoms with E-state index in [9.17, 15) is 0 Å². The van der Waals surface area contributed by atoms with Crippen molar-refractivity contribution in [1.82, 2.24) is 0 Å². The van der Waals surface area contributed by atoms with Crippen molar-refractivity contribution < 1.29 is 0 Å². The fourth-order valence-corrected chi connectivity index (χ4v) is 4.42. The third-order valence-corrected chi connectivity index (χ3v) is 3.95. The predicted molar refractivity (Wildman–Crippen MR) is 52.6 cm³/mol. The van der Waals surface area contributed by atoms with Crippen LogP contribution in [0.4, 0.5) is 0 Å². The minimum Gasteiger partial charge on any atom is -0.127 e. The lowest BCUT2D eigenvalue weighted by molar-refractivity contribution is 0.626. The Morgan fingerprint density at radius 2 is 1.80 bits per heavy atom. The van der Waals surface area contributed by atoms with Crippen LogP contribution < -0.4 is 0 Å². The largest absolute Gasteiger partial charge is 0.341 e. The molecule has 0 aromatic rings. The molecule has 0 heterocycles. The Morgan fingerprint density at radius 3 is 2.10 bits per heavy atom. The van der Waals surface area contributed by atoms with Crippen molar-refractivity contribution in [3.8, 4) is 0 Å². The maximum atomic E-state index is 5.69. The molecule has 62 valence electrons. The summed E-state index contributed by atoms with van der Waals surface area (Å²) >= 11 is 22.6. The standard InChI is InChI=1S/C5H10Cl4Si/c1-5(2-3-6)4-10(7,8)9/h5H,2-4H2,1H3. The van der Waals surface area contributed by atoms with Crippen molar-refractivity contribution in [2.75, 3.05) is 5.88 Å². The molecule has 0 nitrogen and oxygen atoms in total. The normalized spacial score (nSPS) is 15.3. The summed E-state index contributed by atoms with van der Waals surface area (Å²) in [5.41, 5.74) is 0. The fourth-order valence-electron chi connectivity index (χ4n) is 0.683. The molecule has 0 spiro atoms. The first kappa shape index (κ1) is 11.4. The van der Waals surface area contributed by atoms with E-state index in [0.29, 0.717) is 17.8 Å². The molecule has 0 N–H and O–H groups in total. The lowest BCUT2D eigenvalue weighted by atomic mass is 10.2. The van der Waals surface area contributed by atoms with E-state index in [0.717, 1.165) is 6.42 Å². The van der Waals surface area contributed by atoms with Crippen molar-refractivity contribution in [2.24, 2.45) is 5.92 Å². The minimum absolute atomic E-state index is 0.441. The minimum atomic E-state index is -2.40. The molecule has 0 fully saturated rings. The molecular weight excluding hydrogens is 230 g/mol. The summed E-state index contributed by atoms with van der Waals surface area (Å²) in [7, 11) is 0. The predicted octanol–water partition coefficient (Wildman–Crippen LogP) is 3.91. The molecule has 5 heteroatoms. The van der Waals surface area contributed by atoms with E-state index in [-0.39, 0.29) is 0 Å². The van der Waals surface area contributed by atoms with Gasteiger partial charge in [-0.05, 0) is 18.4 Å². The maximum Gasteiger partial charge on any atom is 0.341 e. The highest BCUT2D eigenvalue weighted by Crippen LogP contribution is 2.30. The lowest BCUT2D eigenvalue weighted by Gasteiger charge is -2.13. The zero-order valence-electron chi connectivity index (χ0n) is 5.71. The summed E-state index contributed by atoms with van der Waals surface area (Å²) in [6, 6.07) is -1.69. The molecule has 0 aromatic heterocycles. The van der Waals surface area contributed by atoms with Gasteiger partial charge in [-0.2, -0.15) is 0 Å². The van der Waals surface area contributed by atoms with Gasteiger partial charge in [-0.1, -0.05) is 6.92 Å². The average Bonchev–Trinajstić information content (AvgIpc) is 1.59. The lowest BCUT2D eigenvalue weighted by Crippen LogP contribution is -2.14. The third kappa shape index (κ3) is 7.48. The molecule has 0 bridgehead atoms. The van der Waals surface area contributed by atoms with Crippen LogP contribution >= 0.6 is 44.8 Å². The van der Waals surface area contributed by atoms with E-state index in [2.05, 4.69) is 6.92 Å². The zero-order valence-corrected chi connectivity index (χ0v) is 9.73. The van der Waals surface area contributed by atoms with Crippen LogP contribution in [0.3, 0.4) is 0 Å². The molecule has 1 atom stereocenters. The first-order chi connectivity index (χ1) is 4.45. The van der Waals surface area contributed by atoms with Crippen LogP contribution in [0, 0.1) is 5.92 Å². The summed E-state index contributed by atoms with van der Waals surface area (Å²) < 4.78 is 0. The van der Waals surface area contributed by atoms with Gasteiger partial charge in [0.05, 0.1) is 0 Å². The first-order valence-electron chi connectivity index (χ1n) is 3.08. The van der Waals surface area contributed by atoms with Gasteiger partial charge in [-0.15, -0.1) is 44.8 Å². The SMILES string of the molecule is CC(CCCl)C[Si](Cl)(Cl)Cl. The quantitative estimate of drug-likeness (QED) is 0.397. The van der Waals surface area contributed by atoms with Crippen LogP contribution in [0.25, 0.3) is 0 Å². The maximum absolute atomic E-state index is 5.69. The number of hydrogen-bond donors (Lipinski definition) is 0. The zero-order chi connectivity index (χ0) is 8.20. The van der Waals surface area contributed by atoms with Gasteiger partial charge < -0.3 is 0 Å². The van der Waals surface area contributed by atoms with Crippen molar-refractivity contribution in [3.05, 3.63) is 0 Å². The van der Waals surface area contributed by atoms with Gasteiger partial charge in [0.25, 0.3) is 0 Å². The number of alkyl halides is 1. The van der Waals surface area contributed by atoms with E-state index in [1.807, 2.05) is 0 Å². The molecule has 0 aliphatic heterocycles. The Hall–Kier alpha value is 1.38. The van der Waals surface area contributed by atoms with Gasteiger partial charge in [0.1, 0.15) is 0 Å². The first-order valence-corrected chi connectivity index (χ1v) is 8.86. The van der Waals surface area contributed by atoms with Crippen molar-refractivity contribution >= 4 is 50.8 Å². The number of rotatable bonds is 4. The molecule has 10 heavy (non-hydrogen) atoms. The second-order valence-corrected chi connectivity index (χ2v) is 12.0. The summed E-state index contributed by atoms with van der Waals surface area (Å²) in [4.78, 5) is 0. The van der Waals surface area contributed by atoms with E-state index in [4.69, 9.17) is 44.8 Å². The number of halogens is 4. The van der Waals surface area contributed by atoms with Crippen LogP contribution in [0.2, 0.25) is 6.04 Å². The fraction of sp³-hybridized carbons (Fsp3) is 1.00. The van der Waals surface area contributed by atoms with Gasteiger partial charge >= 0.3 is 6.00 Å². The van der Waals surface area contributed by atoms with Gasteiger partial charge in [0.15, 0.2) is 0 Å². The van der Waals surface area contributed by atoms with Gasteiger partial charge in [0.2, 0.25) is 0 Å². The van der Waals surface area contributed by atoms with E-state index in [1.54, 1.807) is 0 Å². The highest BCUT2D eigenvalue weighted by Gasteiger charge is 2.27. The van der Waals surface area contributed by atoms with Crippen LogP contribution in [0.15, 0.2) is 0 Å². The van der Waals surface area contributed by atoms with Gasteiger partial charge in [-0.25, -0.2) is 0 Å². The van der Waals surface area contributed by atoms with Crippen molar-refractivity contribution in [3.63, 3.8) is 0 Å². The van der Waals surface area contributed by atoms with Crippen molar-refractivity contribution in [1.29, 1.82) is 0 Å². The van der Waals surface area contributed by atoms with Crippen molar-refractivity contribution in [2.45, 2.75) is 19.4 Å². The summed E-state index contributed by atoms with van der Waals surface area (Å²) in [5.74, 6) is 1.09. The number of hydrogen-bond acceptors (Lipinski definition) is 0. The van der Waals surface area contributed by atoms with E-state index >= 15 is 0 Å². The third-order valence-electron chi connectivity index (χ3n) is 1.18. The topological polar surface area (TPSA) is 0 Å². The second kappa shape index (κ2) is 5.10. The molecule has 1 unspecified atom stereocenters. The average molecular weight is 240 g/mol. The Bertz CT molecular complexity index is 90.1. The summed E-state index contributed by atoms with van der Waals surface area (Å²) in [6.45, 7) is 2.05. The van der Waals surface area contributed by atoms with Gasteiger partial charge in [0, 0.05) is 5.88 Å². The molecular formula is C5H10Cl4Si. The molecule has 0 aliphatic rings. The Labute approximate surface area is 81.9 Å². The van der Waals surface area contributed by atoms with E-state index < -0.39 is 6.00 Å². The Kier molecular flexibility index (Phi) is 5.80. The Balaban J connectivity index is 3.47. The molecule has 0 rings (SSSR count). The van der Waals surface area contributed by atoms with Crippen LogP contribution in [-0.2, 0) is 0 Å². The molecule has 0 amide bonds.